The van der Waals surface area contributed by atoms with Crippen LogP contribution < -0.4 is 20.1 Å². The van der Waals surface area contributed by atoms with Gasteiger partial charge < -0.3 is 24.8 Å². The largest absolute Gasteiger partial charge is 0.494 e. The van der Waals surface area contributed by atoms with Crippen molar-refractivity contribution in [3.8, 4) is 11.5 Å². The van der Waals surface area contributed by atoms with Crippen LogP contribution in [-0.4, -0.2) is 50.2 Å². The summed E-state index contributed by atoms with van der Waals surface area (Å²) in [4.78, 5) is 34.7. The van der Waals surface area contributed by atoms with Crippen molar-refractivity contribution in [1.29, 1.82) is 0 Å². The lowest BCUT2D eigenvalue weighted by Crippen LogP contribution is -2.46. The molecule has 1 aromatic carbocycles. The molecule has 0 saturated carbocycles. The van der Waals surface area contributed by atoms with Gasteiger partial charge in [0.05, 0.1) is 6.61 Å². The second-order valence-electron chi connectivity index (χ2n) is 5.04. The highest BCUT2D eigenvalue weighted by molar-refractivity contribution is 5.88. The lowest BCUT2D eigenvalue weighted by molar-refractivity contribution is -0.150. The molecule has 0 saturated heterocycles. The normalized spacial score (nSPS) is 11.2. The quantitative estimate of drug-likeness (QED) is 0.599. The maximum absolute atomic E-state index is 11.6. The third-order valence-corrected chi connectivity index (χ3v) is 2.98. The number of nitrogens with one attached hydrogen (secondary N) is 2. The molecule has 1 aromatic rings. The predicted molar refractivity (Wildman–Crippen MR) is 90.4 cm³/mol. The number of ether oxygens (including phenoxy) is 3. The van der Waals surface area contributed by atoms with Crippen LogP contribution >= 0.6 is 0 Å². The van der Waals surface area contributed by atoms with Gasteiger partial charge in [0.15, 0.2) is 13.2 Å². The number of amides is 2. The Balaban J connectivity index is 2.27. The number of rotatable bonds is 10. The van der Waals surface area contributed by atoms with Crippen LogP contribution in [0.1, 0.15) is 20.8 Å². The van der Waals surface area contributed by atoms with Gasteiger partial charge in [-0.3, -0.25) is 9.59 Å². The molecule has 0 aromatic heterocycles. The molecule has 0 bridgehead atoms. The molecule has 1 atom stereocenters. The van der Waals surface area contributed by atoms with Crippen LogP contribution in [0.4, 0.5) is 0 Å². The molecule has 0 unspecified atom stereocenters. The highest BCUT2D eigenvalue weighted by Crippen LogP contribution is 2.17. The number of carbonyl (C=O) groups excluding carboxylic acids is 3. The van der Waals surface area contributed by atoms with Gasteiger partial charge in [-0.2, -0.15) is 0 Å². The Labute approximate surface area is 146 Å². The molecule has 8 nitrogen and oxygen atoms in total. The van der Waals surface area contributed by atoms with Crippen molar-refractivity contribution in [2.45, 2.75) is 26.8 Å². The summed E-state index contributed by atoms with van der Waals surface area (Å²) >= 11 is 0. The zero-order valence-corrected chi connectivity index (χ0v) is 14.7. The van der Waals surface area contributed by atoms with E-state index in [1.807, 2.05) is 6.92 Å². The van der Waals surface area contributed by atoms with Gasteiger partial charge in [-0.05, 0) is 45.0 Å². The Hall–Kier alpha value is -2.77. The summed E-state index contributed by atoms with van der Waals surface area (Å²) in [5.74, 6) is -0.367. The van der Waals surface area contributed by atoms with Gasteiger partial charge in [0.2, 0.25) is 5.91 Å². The Morgan fingerprint density at radius 3 is 2.16 bits per heavy atom. The highest BCUT2D eigenvalue weighted by atomic mass is 16.6. The molecule has 2 N–H and O–H groups in total. The number of benzene rings is 1. The molecular formula is C17H24N2O6. The first-order chi connectivity index (χ1) is 12.0. The SMILES string of the molecule is CCNC(=O)[C@@H](C)NC(=O)COC(=O)COc1ccc(OCC)cc1. The summed E-state index contributed by atoms with van der Waals surface area (Å²) in [6.45, 7) is 5.43. The Morgan fingerprint density at radius 1 is 1.00 bits per heavy atom. The summed E-state index contributed by atoms with van der Waals surface area (Å²) in [6, 6.07) is 6.07. The zero-order valence-electron chi connectivity index (χ0n) is 14.7. The van der Waals surface area contributed by atoms with Crippen molar-refractivity contribution in [1.82, 2.24) is 10.6 Å². The van der Waals surface area contributed by atoms with Gasteiger partial charge in [0.25, 0.3) is 5.91 Å². The van der Waals surface area contributed by atoms with E-state index in [1.165, 1.54) is 0 Å². The zero-order chi connectivity index (χ0) is 18.7. The number of hydrogen-bond acceptors (Lipinski definition) is 6. The topological polar surface area (TPSA) is 103 Å². The highest BCUT2D eigenvalue weighted by Gasteiger charge is 2.16. The molecule has 2 amide bonds. The molecule has 0 fully saturated rings. The van der Waals surface area contributed by atoms with Crippen LogP contribution in [0.2, 0.25) is 0 Å². The summed E-state index contributed by atoms with van der Waals surface area (Å²) < 4.78 is 15.3. The van der Waals surface area contributed by atoms with E-state index < -0.39 is 24.5 Å². The second kappa shape index (κ2) is 10.9. The smallest absolute Gasteiger partial charge is 0.344 e. The van der Waals surface area contributed by atoms with Crippen LogP contribution in [0.25, 0.3) is 0 Å². The number of carbonyl (C=O) groups is 3. The Kier molecular flexibility index (Phi) is 8.84. The summed E-state index contributed by atoms with van der Waals surface area (Å²) in [6.07, 6.45) is 0. The molecule has 0 aliphatic rings. The first kappa shape index (κ1) is 20.3. The van der Waals surface area contributed by atoms with E-state index in [2.05, 4.69) is 10.6 Å². The van der Waals surface area contributed by atoms with Gasteiger partial charge in [-0.25, -0.2) is 4.79 Å². The monoisotopic (exact) mass is 352 g/mol. The third kappa shape index (κ3) is 8.05. The molecule has 0 aliphatic carbocycles. The van der Waals surface area contributed by atoms with Crippen LogP contribution in [0, 0.1) is 0 Å². The fourth-order valence-electron chi connectivity index (χ4n) is 1.80. The first-order valence-electron chi connectivity index (χ1n) is 8.04. The van der Waals surface area contributed by atoms with Gasteiger partial charge in [-0.15, -0.1) is 0 Å². The molecule has 0 radical (unpaired) electrons. The van der Waals surface area contributed by atoms with Crippen LogP contribution in [-0.2, 0) is 19.1 Å². The van der Waals surface area contributed by atoms with E-state index in [0.717, 1.165) is 0 Å². The van der Waals surface area contributed by atoms with Crippen LogP contribution in [0.3, 0.4) is 0 Å². The fraction of sp³-hybridized carbons (Fsp3) is 0.471. The minimum absolute atomic E-state index is 0.305. The maximum Gasteiger partial charge on any atom is 0.344 e. The standard InChI is InChI=1S/C17H24N2O6/c1-4-18-17(22)12(3)19-15(20)10-25-16(21)11-24-14-8-6-13(7-9-14)23-5-2/h6-9,12H,4-5,10-11H2,1-3H3,(H,18,22)(H,19,20)/t12-/m1/s1. The van der Waals surface area contributed by atoms with Crippen LogP contribution in [0.15, 0.2) is 24.3 Å². The molecule has 8 heteroatoms. The van der Waals surface area contributed by atoms with Gasteiger partial charge in [-0.1, -0.05) is 0 Å². The van der Waals surface area contributed by atoms with E-state index in [0.29, 0.717) is 24.7 Å². The number of esters is 1. The van der Waals surface area contributed by atoms with Gasteiger partial charge in [0.1, 0.15) is 17.5 Å². The van der Waals surface area contributed by atoms with E-state index >= 15 is 0 Å². The van der Waals surface area contributed by atoms with E-state index in [9.17, 15) is 14.4 Å². The number of likely N-dealkylation sites (N-methyl/N-ethyl adjacent to an activating group) is 1. The molecule has 1 rings (SSSR count). The molecule has 138 valence electrons. The lowest BCUT2D eigenvalue weighted by Gasteiger charge is -2.13. The first-order valence-corrected chi connectivity index (χ1v) is 8.04. The van der Waals surface area contributed by atoms with Crippen molar-refractivity contribution in [3.05, 3.63) is 24.3 Å². The van der Waals surface area contributed by atoms with Crippen molar-refractivity contribution in [3.63, 3.8) is 0 Å². The minimum atomic E-state index is -0.703. The number of hydrogen-bond donors (Lipinski definition) is 2. The molecule has 0 heterocycles. The summed E-state index contributed by atoms with van der Waals surface area (Å²) in [5.41, 5.74) is 0. The molecule has 25 heavy (non-hydrogen) atoms. The van der Waals surface area contributed by atoms with Crippen molar-refractivity contribution in [2.24, 2.45) is 0 Å². The van der Waals surface area contributed by atoms with Crippen molar-refractivity contribution >= 4 is 17.8 Å². The molecule has 0 spiro atoms. The summed E-state index contributed by atoms with van der Waals surface area (Å²) in [5, 5.41) is 5.00. The van der Waals surface area contributed by atoms with E-state index in [-0.39, 0.29) is 12.5 Å². The average Bonchev–Trinajstić information content (AvgIpc) is 2.59. The van der Waals surface area contributed by atoms with Crippen molar-refractivity contribution in [2.75, 3.05) is 26.4 Å². The Bertz CT molecular complexity index is 573. The lowest BCUT2D eigenvalue weighted by atomic mass is 10.3. The van der Waals surface area contributed by atoms with Gasteiger partial charge in [0, 0.05) is 6.54 Å². The fourth-order valence-corrected chi connectivity index (χ4v) is 1.80. The maximum atomic E-state index is 11.6. The predicted octanol–water partition coefficient (Wildman–Crippen LogP) is 0.648. The van der Waals surface area contributed by atoms with E-state index in [1.54, 1.807) is 38.1 Å². The molecule has 0 aliphatic heterocycles. The van der Waals surface area contributed by atoms with Crippen molar-refractivity contribution < 1.29 is 28.6 Å². The third-order valence-electron chi connectivity index (χ3n) is 2.98. The summed E-state index contributed by atoms with van der Waals surface area (Å²) in [7, 11) is 0. The average molecular weight is 352 g/mol. The van der Waals surface area contributed by atoms with Gasteiger partial charge >= 0.3 is 5.97 Å². The molecular weight excluding hydrogens is 328 g/mol. The second-order valence-corrected chi connectivity index (χ2v) is 5.04. The Morgan fingerprint density at radius 2 is 1.60 bits per heavy atom. The minimum Gasteiger partial charge on any atom is -0.494 e. The van der Waals surface area contributed by atoms with E-state index in [4.69, 9.17) is 14.2 Å². The van der Waals surface area contributed by atoms with Crippen LogP contribution in [0.5, 0.6) is 11.5 Å².